The Kier molecular flexibility index (Phi) is 5.55. The van der Waals surface area contributed by atoms with Crippen LogP contribution < -0.4 is 5.73 Å². The van der Waals surface area contributed by atoms with E-state index in [1.54, 1.807) is 0 Å². The van der Waals surface area contributed by atoms with Gasteiger partial charge in [0.25, 0.3) is 0 Å². The number of ether oxygens (including phenoxy) is 1. The van der Waals surface area contributed by atoms with Crippen LogP contribution in [-0.2, 0) is 31.6 Å². The van der Waals surface area contributed by atoms with Gasteiger partial charge in [-0.25, -0.2) is 27.6 Å². The van der Waals surface area contributed by atoms with Crippen molar-refractivity contribution < 1.29 is 60.6 Å². The first-order valence-corrected chi connectivity index (χ1v) is 13.2. The number of rotatable bonds is 8. The van der Waals surface area contributed by atoms with E-state index in [-0.39, 0.29) is 17.1 Å². The molecule has 7 N–H and O–H groups in total. The third-order valence-corrected chi connectivity index (χ3v) is 8.93. The van der Waals surface area contributed by atoms with Gasteiger partial charge in [0, 0.05) is 0 Å². The molecule has 1 aliphatic heterocycles. The standard InChI is InChI=1S/C13H16FN4O12P3/c1-6-12(4-27-32(23,24)30-33(25,26)29-31(20,21)22)13(6,19)10(14)9(28-12)7-2-3-8-11(15)16-5-17-18(7)8/h2-3,5,9-10,19H,1,4H2,(H,23,24)(H,25,26)(H2,15,16,17)(H2,20,21,22)/t9-,10-,12-,13-/m0/s1. The molecule has 0 bridgehead atoms. The number of anilines is 1. The highest BCUT2D eigenvalue weighted by Gasteiger charge is 2.84. The first-order valence-electron chi connectivity index (χ1n) is 8.64. The second-order valence-corrected chi connectivity index (χ2v) is 11.5. The van der Waals surface area contributed by atoms with Crippen LogP contribution in [0.2, 0.25) is 0 Å². The van der Waals surface area contributed by atoms with Gasteiger partial charge in [0.15, 0.2) is 23.2 Å². The van der Waals surface area contributed by atoms with E-state index in [1.807, 2.05) is 0 Å². The van der Waals surface area contributed by atoms with Crippen LogP contribution in [0.15, 0.2) is 30.6 Å². The normalized spacial score (nSPS) is 33.0. The second-order valence-electron chi connectivity index (χ2n) is 7.08. The molecular weight excluding hydrogens is 516 g/mol. The summed E-state index contributed by atoms with van der Waals surface area (Å²) in [6.45, 7) is 2.38. The van der Waals surface area contributed by atoms with Crippen LogP contribution in [0, 0.1) is 0 Å². The minimum atomic E-state index is -5.76. The molecule has 2 unspecified atom stereocenters. The van der Waals surface area contributed by atoms with Crippen molar-refractivity contribution in [1.29, 1.82) is 0 Å². The maximum absolute atomic E-state index is 15.2. The van der Waals surface area contributed by atoms with Crippen LogP contribution in [0.4, 0.5) is 10.2 Å². The average Bonchev–Trinajstić information content (AvgIpc) is 2.97. The lowest BCUT2D eigenvalue weighted by molar-refractivity contribution is -0.0368. The highest BCUT2D eigenvalue weighted by atomic mass is 31.3. The maximum Gasteiger partial charge on any atom is 0.490 e. The summed E-state index contributed by atoms with van der Waals surface area (Å²) in [7, 11) is -16.9. The molecule has 0 spiro atoms. The Bertz CT molecular complexity index is 1300. The smallest absolute Gasteiger partial charge is 0.382 e. The fourth-order valence-corrected chi connectivity index (χ4v) is 6.70. The lowest BCUT2D eigenvalue weighted by Crippen LogP contribution is -2.31. The molecule has 0 radical (unpaired) electrons. The molecule has 0 aromatic carbocycles. The van der Waals surface area contributed by atoms with E-state index in [1.165, 1.54) is 16.6 Å². The summed E-state index contributed by atoms with van der Waals surface area (Å²) in [4.78, 5) is 39.7. The fraction of sp³-hybridized carbons (Fsp3) is 0.385. The molecule has 33 heavy (non-hydrogen) atoms. The van der Waals surface area contributed by atoms with Crippen LogP contribution in [0.5, 0.6) is 0 Å². The van der Waals surface area contributed by atoms with E-state index in [9.17, 15) is 28.6 Å². The zero-order valence-corrected chi connectivity index (χ0v) is 18.7. The van der Waals surface area contributed by atoms with Crippen LogP contribution in [-0.4, -0.2) is 63.3 Å². The highest BCUT2D eigenvalue weighted by molar-refractivity contribution is 7.66. The van der Waals surface area contributed by atoms with Gasteiger partial charge in [0.1, 0.15) is 17.9 Å². The van der Waals surface area contributed by atoms with Gasteiger partial charge in [-0.05, 0) is 17.7 Å². The zero-order valence-electron chi connectivity index (χ0n) is 16.0. The number of halogens is 1. The van der Waals surface area contributed by atoms with Crippen LogP contribution in [0.25, 0.3) is 5.52 Å². The summed E-state index contributed by atoms with van der Waals surface area (Å²) in [5.74, 6) is 0.0836. The summed E-state index contributed by atoms with van der Waals surface area (Å²) in [6, 6.07) is 2.88. The Labute approximate surface area is 182 Å². The molecule has 2 aromatic rings. The third-order valence-electron chi connectivity index (χ3n) is 5.14. The number of phosphoric ester groups is 1. The number of aromatic nitrogens is 3. The average molecular weight is 532 g/mol. The van der Waals surface area contributed by atoms with Crippen molar-refractivity contribution in [1.82, 2.24) is 14.6 Å². The summed E-state index contributed by atoms with van der Waals surface area (Å²) in [6.07, 6.45) is -2.52. The molecule has 2 fully saturated rings. The number of phosphoric acid groups is 3. The Morgan fingerprint density at radius 1 is 1.21 bits per heavy atom. The number of nitrogen functional groups attached to an aromatic ring is 1. The number of hydrogen-bond acceptors (Lipinski definition) is 11. The van der Waals surface area contributed by atoms with Gasteiger partial charge in [-0.2, -0.15) is 13.7 Å². The van der Waals surface area contributed by atoms with E-state index in [4.69, 9.17) is 20.3 Å². The molecule has 1 saturated carbocycles. The van der Waals surface area contributed by atoms with E-state index >= 15 is 4.39 Å². The number of alkyl halides is 1. The number of aliphatic hydroxyl groups is 1. The summed E-state index contributed by atoms with van der Waals surface area (Å²) in [5.41, 5.74) is 1.47. The molecular formula is C13H16FN4O12P3. The van der Waals surface area contributed by atoms with Crippen molar-refractivity contribution in [3.05, 3.63) is 36.3 Å². The van der Waals surface area contributed by atoms with Crippen molar-refractivity contribution in [2.24, 2.45) is 0 Å². The monoisotopic (exact) mass is 532 g/mol. The minimum Gasteiger partial charge on any atom is -0.382 e. The summed E-state index contributed by atoms with van der Waals surface area (Å²) >= 11 is 0. The van der Waals surface area contributed by atoms with Crippen molar-refractivity contribution >= 4 is 34.8 Å². The van der Waals surface area contributed by atoms with Gasteiger partial charge < -0.3 is 35.2 Å². The molecule has 3 heterocycles. The van der Waals surface area contributed by atoms with E-state index in [0.29, 0.717) is 5.52 Å². The first kappa shape index (κ1) is 24.5. The quantitative estimate of drug-likeness (QED) is 0.195. The summed E-state index contributed by atoms with van der Waals surface area (Å²) in [5, 5.41) is 14.7. The van der Waals surface area contributed by atoms with E-state index < -0.39 is 53.6 Å². The molecule has 182 valence electrons. The van der Waals surface area contributed by atoms with E-state index in [2.05, 4.69) is 29.8 Å². The maximum atomic E-state index is 15.2. The van der Waals surface area contributed by atoms with E-state index in [0.717, 1.165) is 6.33 Å². The SMILES string of the molecule is C=C1[C@]2(COP(=O)(O)OP(=O)(O)OP(=O)(O)O)O[C@@H](c3ccc4c(N)ncnn34)[C@H](F)[C@@]12O. The van der Waals surface area contributed by atoms with Crippen molar-refractivity contribution in [2.75, 3.05) is 12.3 Å². The topological polar surface area (TPSA) is 245 Å². The Morgan fingerprint density at radius 2 is 1.88 bits per heavy atom. The van der Waals surface area contributed by atoms with Crippen LogP contribution in [0.3, 0.4) is 0 Å². The van der Waals surface area contributed by atoms with Gasteiger partial charge in [-0.15, -0.1) is 0 Å². The van der Waals surface area contributed by atoms with Crippen LogP contribution in [0.1, 0.15) is 11.8 Å². The predicted molar refractivity (Wildman–Crippen MR) is 103 cm³/mol. The largest absolute Gasteiger partial charge is 0.490 e. The molecule has 0 amide bonds. The molecule has 2 aliphatic rings. The highest BCUT2D eigenvalue weighted by Crippen LogP contribution is 2.71. The van der Waals surface area contributed by atoms with Gasteiger partial charge in [-0.1, -0.05) is 6.58 Å². The number of hydrogen-bond donors (Lipinski definition) is 6. The number of nitrogens with zero attached hydrogens (tertiary/aromatic N) is 3. The predicted octanol–water partition coefficient (Wildman–Crippen LogP) is 0.104. The molecule has 1 aliphatic carbocycles. The zero-order chi connectivity index (χ0) is 24.6. The van der Waals surface area contributed by atoms with Gasteiger partial charge in [0.2, 0.25) is 0 Å². The van der Waals surface area contributed by atoms with Crippen molar-refractivity contribution in [2.45, 2.75) is 23.5 Å². The fourth-order valence-electron chi connectivity index (χ4n) is 3.66. The van der Waals surface area contributed by atoms with Gasteiger partial charge in [-0.3, -0.25) is 4.52 Å². The molecule has 4 rings (SSSR count). The Balaban J connectivity index is 1.54. The molecule has 20 heteroatoms. The first-order chi connectivity index (χ1) is 15.0. The number of fused-ring (bicyclic) bond motifs is 2. The van der Waals surface area contributed by atoms with Gasteiger partial charge in [0.05, 0.1) is 12.3 Å². The molecule has 6 atom stereocenters. The minimum absolute atomic E-state index is 0.0836. The lowest BCUT2D eigenvalue weighted by Gasteiger charge is -2.21. The Hall–Kier alpha value is -1.58. The second kappa shape index (κ2) is 7.46. The molecule has 1 saturated heterocycles. The third kappa shape index (κ3) is 4.00. The Morgan fingerprint density at radius 3 is 2.52 bits per heavy atom. The summed E-state index contributed by atoms with van der Waals surface area (Å²) < 4.78 is 67.9. The van der Waals surface area contributed by atoms with Gasteiger partial charge >= 0.3 is 23.5 Å². The van der Waals surface area contributed by atoms with Crippen molar-refractivity contribution in [3.63, 3.8) is 0 Å². The van der Waals surface area contributed by atoms with Crippen LogP contribution >= 0.6 is 23.5 Å². The lowest BCUT2D eigenvalue weighted by atomic mass is 10.1. The molecule has 16 nitrogen and oxygen atoms in total. The number of nitrogens with two attached hydrogens (primary N) is 1. The molecule has 2 aromatic heterocycles. The van der Waals surface area contributed by atoms with Crippen molar-refractivity contribution in [3.8, 4) is 0 Å².